The van der Waals surface area contributed by atoms with Crippen LogP contribution in [0, 0.1) is 25.2 Å². The Hall–Kier alpha value is -2.41. The van der Waals surface area contributed by atoms with Crippen molar-refractivity contribution in [3.63, 3.8) is 0 Å². The lowest BCUT2D eigenvalue weighted by atomic mass is 10.2. The third-order valence-electron chi connectivity index (χ3n) is 5.30. The molecule has 152 valence electrons. The van der Waals surface area contributed by atoms with Gasteiger partial charge in [0.2, 0.25) is 17.7 Å². The Bertz CT molecular complexity index is 755. The zero-order valence-corrected chi connectivity index (χ0v) is 16.5. The van der Waals surface area contributed by atoms with Crippen LogP contribution in [0.2, 0.25) is 0 Å². The van der Waals surface area contributed by atoms with Crippen LogP contribution in [0.25, 0.3) is 0 Å². The number of carbonyl (C=O) groups excluding carboxylic acids is 2. The number of nitrogens with zero attached hydrogens (tertiary/aromatic N) is 4. The molecule has 1 N–H and O–H groups in total. The summed E-state index contributed by atoms with van der Waals surface area (Å²) in [6.07, 6.45) is 0. The van der Waals surface area contributed by atoms with Crippen LogP contribution in [0.5, 0.6) is 0 Å². The third-order valence-corrected chi connectivity index (χ3v) is 5.30. The van der Waals surface area contributed by atoms with Crippen molar-refractivity contribution in [2.75, 3.05) is 70.9 Å². The molecule has 28 heavy (non-hydrogen) atoms. The van der Waals surface area contributed by atoms with Gasteiger partial charge in [0.1, 0.15) is 17.4 Å². The number of morpholine rings is 1. The summed E-state index contributed by atoms with van der Waals surface area (Å²) in [5, 5.41) is 11.9. The number of furan rings is 1. The first kappa shape index (κ1) is 20.3. The Morgan fingerprint density at radius 1 is 1.04 bits per heavy atom. The molecule has 2 aliphatic heterocycles. The number of nitrogens with one attached hydrogen (secondary N) is 1. The van der Waals surface area contributed by atoms with Gasteiger partial charge in [-0.1, -0.05) is 0 Å². The molecule has 1 aromatic heterocycles. The van der Waals surface area contributed by atoms with Crippen molar-refractivity contribution in [2.45, 2.75) is 13.8 Å². The van der Waals surface area contributed by atoms with Gasteiger partial charge in [-0.2, -0.15) is 5.26 Å². The highest BCUT2D eigenvalue weighted by Crippen LogP contribution is 2.25. The highest BCUT2D eigenvalue weighted by atomic mass is 16.5. The Morgan fingerprint density at radius 3 is 2.32 bits per heavy atom. The molecule has 0 aromatic carbocycles. The van der Waals surface area contributed by atoms with Gasteiger partial charge in [0, 0.05) is 44.8 Å². The molecule has 0 aliphatic carbocycles. The van der Waals surface area contributed by atoms with E-state index in [0.29, 0.717) is 57.3 Å². The smallest absolute Gasteiger partial charge is 0.240 e. The first-order valence-electron chi connectivity index (χ1n) is 9.58. The fourth-order valence-electron chi connectivity index (χ4n) is 3.42. The minimum atomic E-state index is -0.224. The van der Waals surface area contributed by atoms with E-state index in [2.05, 4.69) is 16.3 Å². The highest BCUT2D eigenvalue weighted by molar-refractivity contribution is 5.92. The minimum absolute atomic E-state index is 0.131. The molecule has 0 spiro atoms. The average molecular weight is 389 g/mol. The van der Waals surface area contributed by atoms with Crippen molar-refractivity contribution in [3.8, 4) is 6.07 Å². The maximum Gasteiger partial charge on any atom is 0.240 e. The van der Waals surface area contributed by atoms with Gasteiger partial charge in [-0.25, -0.2) is 0 Å². The van der Waals surface area contributed by atoms with Crippen molar-refractivity contribution in [2.24, 2.45) is 0 Å². The molecule has 0 saturated carbocycles. The van der Waals surface area contributed by atoms with Gasteiger partial charge in [-0.3, -0.25) is 24.7 Å². The first-order chi connectivity index (χ1) is 13.5. The van der Waals surface area contributed by atoms with Gasteiger partial charge in [0.05, 0.1) is 26.3 Å². The van der Waals surface area contributed by atoms with Gasteiger partial charge in [0.15, 0.2) is 0 Å². The lowest BCUT2D eigenvalue weighted by molar-refractivity contribution is -0.135. The summed E-state index contributed by atoms with van der Waals surface area (Å²) in [5.74, 6) is 0.741. The molecule has 2 saturated heterocycles. The predicted molar refractivity (Wildman–Crippen MR) is 102 cm³/mol. The molecular weight excluding hydrogens is 362 g/mol. The van der Waals surface area contributed by atoms with E-state index in [0.717, 1.165) is 18.7 Å². The van der Waals surface area contributed by atoms with Crippen molar-refractivity contribution in [3.05, 3.63) is 16.9 Å². The van der Waals surface area contributed by atoms with Crippen molar-refractivity contribution >= 4 is 17.7 Å². The van der Waals surface area contributed by atoms with Gasteiger partial charge in [0.25, 0.3) is 0 Å². The van der Waals surface area contributed by atoms with E-state index >= 15 is 0 Å². The Balaban J connectivity index is 1.44. The largest absolute Gasteiger partial charge is 0.444 e. The van der Waals surface area contributed by atoms with Crippen LogP contribution in [-0.4, -0.2) is 92.1 Å². The molecule has 0 atom stereocenters. The topological polar surface area (TPSA) is 102 Å². The molecule has 1 aromatic rings. The average Bonchev–Trinajstić information content (AvgIpc) is 2.95. The van der Waals surface area contributed by atoms with Crippen LogP contribution in [0.4, 0.5) is 5.88 Å². The number of piperazine rings is 1. The zero-order valence-electron chi connectivity index (χ0n) is 16.5. The van der Waals surface area contributed by atoms with Crippen LogP contribution in [0.1, 0.15) is 16.9 Å². The lowest BCUT2D eigenvalue weighted by Gasteiger charge is -2.36. The van der Waals surface area contributed by atoms with E-state index in [-0.39, 0.29) is 24.2 Å². The lowest BCUT2D eigenvalue weighted by Crippen LogP contribution is -2.53. The Labute approximate surface area is 164 Å². The fourth-order valence-corrected chi connectivity index (χ4v) is 3.42. The second-order valence-corrected chi connectivity index (χ2v) is 7.19. The van der Waals surface area contributed by atoms with Gasteiger partial charge < -0.3 is 14.1 Å². The molecule has 9 nitrogen and oxygen atoms in total. The predicted octanol–water partition coefficient (Wildman–Crippen LogP) is 0.183. The number of anilines is 1. The summed E-state index contributed by atoms with van der Waals surface area (Å²) >= 11 is 0. The van der Waals surface area contributed by atoms with Crippen molar-refractivity contribution in [1.29, 1.82) is 5.26 Å². The van der Waals surface area contributed by atoms with E-state index in [4.69, 9.17) is 9.15 Å². The number of nitriles is 1. The minimum Gasteiger partial charge on any atom is -0.444 e. The Morgan fingerprint density at radius 2 is 1.68 bits per heavy atom. The highest BCUT2D eigenvalue weighted by Gasteiger charge is 2.25. The molecule has 2 aliphatic rings. The van der Waals surface area contributed by atoms with Crippen molar-refractivity contribution in [1.82, 2.24) is 14.7 Å². The molecule has 0 unspecified atom stereocenters. The van der Waals surface area contributed by atoms with Gasteiger partial charge in [-0.05, 0) is 13.8 Å². The van der Waals surface area contributed by atoms with Crippen LogP contribution in [-0.2, 0) is 14.3 Å². The Kier molecular flexibility index (Phi) is 6.67. The van der Waals surface area contributed by atoms with Crippen molar-refractivity contribution < 1.29 is 18.7 Å². The summed E-state index contributed by atoms with van der Waals surface area (Å²) < 4.78 is 10.8. The second-order valence-electron chi connectivity index (χ2n) is 7.19. The monoisotopic (exact) mass is 389 g/mol. The van der Waals surface area contributed by atoms with Gasteiger partial charge in [-0.15, -0.1) is 0 Å². The van der Waals surface area contributed by atoms with E-state index in [1.165, 1.54) is 0 Å². The molecule has 0 radical (unpaired) electrons. The molecular formula is C19H27N5O4. The quantitative estimate of drug-likeness (QED) is 0.767. The first-order valence-corrected chi connectivity index (χ1v) is 9.58. The SMILES string of the molecule is Cc1oc(NC(=O)CN2CCN(C(=O)CN3CCOCC3)CC2)c(C#N)c1C. The fraction of sp³-hybridized carbons (Fsp3) is 0.632. The molecule has 3 rings (SSSR count). The standard InChI is InChI=1S/C19H27N5O4/c1-14-15(2)28-19(16(14)11-20)21-17(25)12-22-3-5-24(6-4-22)18(26)13-23-7-9-27-10-8-23/h3-10,12-13H2,1-2H3,(H,21,25). The van der Waals surface area contributed by atoms with E-state index in [9.17, 15) is 14.9 Å². The number of ether oxygens (including phenoxy) is 1. The summed E-state index contributed by atoms with van der Waals surface area (Å²) in [6.45, 7) is 9.64. The van der Waals surface area contributed by atoms with E-state index in [1.807, 2.05) is 9.80 Å². The number of hydrogen-bond acceptors (Lipinski definition) is 7. The summed E-state index contributed by atoms with van der Waals surface area (Å²) in [6, 6.07) is 2.07. The van der Waals surface area contributed by atoms with Gasteiger partial charge >= 0.3 is 0 Å². The maximum absolute atomic E-state index is 12.4. The summed E-state index contributed by atoms with van der Waals surface area (Å²) in [5.41, 5.74) is 1.11. The number of amides is 2. The number of carbonyl (C=O) groups is 2. The van der Waals surface area contributed by atoms with Crippen LogP contribution >= 0.6 is 0 Å². The van der Waals surface area contributed by atoms with Crippen LogP contribution in [0.15, 0.2) is 4.42 Å². The molecule has 2 amide bonds. The zero-order chi connectivity index (χ0) is 20.1. The maximum atomic E-state index is 12.4. The molecule has 9 heteroatoms. The normalized spacial score (nSPS) is 18.7. The molecule has 0 bridgehead atoms. The molecule has 3 heterocycles. The number of aryl methyl sites for hydroxylation is 1. The number of rotatable bonds is 5. The second kappa shape index (κ2) is 9.19. The summed E-state index contributed by atoms with van der Waals surface area (Å²) in [7, 11) is 0. The number of hydrogen-bond donors (Lipinski definition) is 1. The summed E-state index contributed by atoms with van der Waals surface area (Å²) in [4.78, 5) is 30.7. The van der Waals surface area contributed by atoms with E-state index in [1.54, 1.807) is 13.8 Å². The van der Waals surface area contributed by atoms with E-state index < -0.39 is 0 Å². The van der Waals surface area contributed by atoms with Crippen LogP contribution < -0.4 is 5.32 Å². The molecule has 2 fully saturated rings. The van der Waals surface area contributed by atoms with Crippen LogP contribution in [0.3, 0.4) is 0 Å². The third kappa shape index (κ3) is 4.90.